The number of piperidine rings is 1. The lowest BCUT2D eigenvalue weighted by Gasteiger charge is -2.33. The van der Waals surface area contributed by atoms with Gasteiger partial charge in [-0.3, -0.25) is 4.68 Å². The third-order valence-electron chi connectivity index (χ3n) is 4.72. The number of nitrogens with zero attached hydrogens (tertiary/aromatic N) is 3. The second kappa shape index (κ2) is 7.68. The summed E-state index contributed by atoms with van der Waals surface area (Å²) >= 11 is 0. The average molecular weight is 422 g/mol. The summed E-state index contributed by atoms with van der Waals surface area (Å²) in [5.41, 5.74) is 6.61. The standard InChI is InChI=1S/C19H27N5O4S/c1-19(2,3)28-18(25)23-8-6-15(7-9-23)24-12-13(11-22-24)16-5-4-14(20)10-17(16)29(21,26)27/h4-5,10-12,15H,6-9,20H2,1-3H3,(H2,21,26,27). The Balaban J connectivity index is 1.74. The maximum absolute atomic E-state index is 12.2. The van der Waals surface area contributed by atoms with E-state index in [1.54, 1.807) is 29.4 Å². The van der Waals surface area contributed by atoms with Gasteiger partial charge in [0.2, 0.25) is 10.0 Å². The van der Waals surface area contributed by atoms with Crippen molar-refractivity contribution in [1.29, 1.82) is 0 Å². The van der Waals surface area contributed by atoms with Gasteiger partial charge < -0.3 is 15.4 Å². The van der Waals surface area contributed by atoms with Gasteiger partial charge in [0.1, 0.15) is 5.60 Å². The van der Waals surface area contributed by atoms with E-state index in [0.29, 0.717) is 29.9 Å². The number of anilines is 1. The summed E-state index contributed by atoms with van der Waals surface area (Å²) in [5, 5.41) is 9.75. The van der Waals surface area contributed by atoms with E-state index in [1.165, 1.54) is 6.07 Å². The van der Waals surface area contributed by atoms with Crippen molar-refractivity contribution in [3.05, 3.63) is 30.6 Å². The maximum Gasteiger partial charge on any atom is 0.410 e. The molecule has 0 radical (unpaired) electrons. The monoisotopic (exact) mass is 421 g/mol. The van der Waals surface area contributed by atoms with Crippen molar-refractivity contribution >= 4 is 21.8 Å². The van der Waals surface area contributed by atoms with Gasteiger partial charge in [-0.15, -0.1) is 0 Å². The molecule has 10 heteroatoms. The van der Waals surface area contributed by atoms with Crippen LogP contribution in [0.25, 0.3) is 11.1 Å². The van der Waals surface area contributed by atoms with Crippen molar-refractivity contribution in [2.24, 2.45) is 5.14 Å². The molecule has 1 fully saturated rings. The Morgan fingerprint density at radius 2 is 1.90 bits per heavy atom. The highest BCUT2D eigenvalue weighted by Crippen LogP contribution is 2.30. The molecule has 0 bridgehead atoms. The third kappa shape index (κ3) is 5.07. The number of rotatable bonds is 3. The van der Waals surface area contributed by atoms with Gasteiger partial charge in [-0.1, -0.05) is 6.07 Å². The second-order valence-electron chi connectivity index (χ2n) is 8.21. The van der Waals surface area contributed by atoms with Crippen LogP contribution in [0.4, 0.5) is 10.5 Å². The molecule has 0 spiro atoms. The van der Waals surface area contributed by atoms with Crippen LogP contribution in [-0.4, -0.2) is 47.9 Å². The third-order valence-corrected chi connectivity index (χ3v) is 5.67. The number of carbonyl (C=O) groups is 1. The van der Waals surface area contributed by atoms with Crippen LogP contribution < -0.4 is 10.9 Å². The smallest absolute Gasteiger partial charge is 0.410 e. The van der Waals surface area contributed by atoms with Gasteiger partial charge in [-0.2, -0.15) is 5.10 Å². The Hall–Kier alpha value is -2.59. The summed E-state index contributed by atoms with van der Waals surface area (Å²) in [7, 11) is -3.93. The van der Waals surface area contributed by atoms with E-state index in [-0.39, 0.29) is 17.0 Å². The Bertz CT molecular complexity index is 1000. The van der Waals surface area contributed by atoms with Gasteiger partial charge in [-0.05, 0) is 45.7 Å². The van der Waals surface area contributed by atoms with Crippen LogP contribution in [0.15, 0.2) is 35.5 Å². The number of amides is 1. The molecular weight excluding hydrogens is 394 g/mol. The van der Waals surface area contributed by atoms with Crippen LogP contribution in [0.2, 0.25) is 0 Å². The van der Waals surface area contributed by atoms with Gasteiger partial charge in [0.15, 0.2) is 0 Å². The molecule has 0 unspecified atom stereocenters. The minimum absolute atomic E-state index is 0.0307. The molecule has 2 heterocycles. The summed E-state index contributed by atoms with van der Waals surface area (Å²) < 4.78 is 31.1. The highest BCUT2D eigenvalue weighted by molar-refractivity contribution is 7.89. The van der Waals surface area contributed by atoms with Crippen molar-refractivity contribution in [1.82, 2.24) is 14.7 Å². The molecule has 158 valence electrons. The van der Waals surface area contributed by atoms with E-state index in [1.807, 2.05) is 25.5 Å². The first-order valence-electron chi connectivity index (χ1n) is 9.39. The van der Waals surface area contributed by atoms with E-state index in [2.05, 4.69) is 5.10 Å². The first kappa shape index (κ1) is 21.1. The number of nitrogens with two attached hydrogens (primary N) is 2. The number of benzene rings is 1. The van der Waals surface area contributed by atoms with E-state index in [9.17, 15) is 13.2 Å². The molecule has 1 aliphatic rings. The van der Waals surface area contributed by atoms with Crippen LogP contribution in [0.1, 0.15) is 39.7 Å². The Morgan fingerprint density at radius 1 is 1.24 bits per heavy atom. The fourth-order valence-corrected chi connectivity index (χ4v) is 4.12. The number of hydrogen-bond donors (Lipinski definition) is 2. The largest absolute Gasteiger partial charge is 0.444 e. The summed E-state index contributed by atoms with van der Waals surface area (Å²) in [6.07, 6.45) is 4.56. The molecule has 1 aromatic heterocycles. The lowest BCUT2D eigenvalue weighted by molar-refractivity contribution is 0.0185. The molecular formula is C19H27N5O4S. The predicted octanol–water partition coefficient (Wildman–Crippen LogP) is 2.35. The van der Waals surface area contributed by atoms with Crippen molar-refractivity contribution in [2.75, 3.05) is 18.8 Å². The van der Waals surface area contributed by atoms with Crippen molar-refractivity contribution in [2.45, 2.75) is 50.2 Å². The number of aromatic nitrogens is 2. The molecule has 0 aliphatic carbocycles. The lowest BCUT2D eigenvalue weighted by atomic mass is 10.1. The van der Waals surface area contributed by atoms with E-state index >= 15 is 0 Å². The number of likely N-dealkylation sites (tertiary alicyclic amines) is 1. The zero-order valence-electron chi connectivity index (χ0n) is 16.8. The molecule has 3 rings (SSSR count). The zero-order chi connectivity index (χ0) is 21.4. The second-order valence-corrected chi connectivity index (χ2v) is 9.74. The first-order valence-corrected chi connectivity index (χ1v) is 10.9. The van der Waals surface area contributed by atoms with E-state index < -0.39 is 15.6 Å². The first-order chi connectivity index (χ1) is 13.4. The van der Waals surface area contributed by atoms with Gasteiger partial charge in [0.25, 0.3) is 0 Å². The van der Waals surface area contributed by atoms with Gasteiger partial charge in [0, 0.05) is 36.1 Å². The summed E-state index contributed by atoms with van der Waals surface area (Å²) in [6, 6.07) is 4.71. The normalized spacial score (nSPS) is 16.1. The Morgan fingerprint density at radius 3 is 2.48 bits per heavy atom. The van der Waals surface area contributed by atoms with Crippen molar-refractivity contribution in [3.63, 3.8) is 0 Å². The van der Waals surface area contributed by atoms with Gasteiger partial charge in [0.05, 0.1) is 17.1 Å². The topological polar surface area (TPSA) is 134 Å². The number of nitrogen functional groups attached to an aromatic ring is 1. The number of sulfonamides is 1. The molecule has 29 heavy (non-hydrogen) atoms. The minimum atomic E-state index is -3.93. The van der Waals surface area contributed by atoms with Crippen LogP contribution in [0, 0.1) is 0 Å². The van der Waals surface area contributed by atoms with Crippen LogP contribution in [0.3, 0.4) is 0 Å². The quantitative estimate of drug-likeness (QED) is 0.731. The van der Waals surface area contributed by atoms with E-state index in [0.717, 1.165) is 12.8 Å². The van der Waals surface area contributed by atoms with Crippen molar-refractivity contribution < 1.29 is 17.9 Å². The van der Waals surface area contributed by atoms with Crippen molar-refractivity contribution in [3.8, 4) is 11.1 Å². The highest BCUT2D eigenvalue weighted by atomic mass is 32.2. The molecule has 0 saturated carbocycles. The molecule has 1 amide bonds. The maximum atomic E-state index is 12.2. The number of hydrogen-bond acceptors (Lipinski definition) is 6. The SMILES string of the molecule is CC(C)(C)OC(=O)N1CCC(n2cc(-c3ccc(N)cc3S(N)(=O)=O)cn2)CC1. The van der Waals surface area contributed by atoms with E-state index in [4.69, 9.17) is 15.6 Å². The molecule has 1 aromatic carbocycles. The molecule has 1 saturated heterocycles. The average Bonchev–Trinajstić information content (AvgIpc) is 3.09. The van der Waals surface area contributed by atoms with Gasteiger partial charge in [-0.25, -0.2) is 18.4 Å². The molecule has 9 nitrogen and oxygen atoms in total. The Labute approximate surface area is 170 Å². The van der Waals surface area contributed by atoms with Crippen LogP contribution >= 0.6 is 0 Å². The number of carbonyl (C=O) groups excluding carboxylic acids is 1. The fourth-order valence-electron chi connectivity index (χ4n) is 3.33. The fraction of sp³-hybridized carbons (Fsp3) is 0.474. The van der Waals surface area contributed by atoms with Crippen LogP contribution in [0.5, 0.6) is 0 Å². The summed E-state index contributed by atoms with van der Waals surface area (Å²) in [4.78, 5) is 13.9. The zero-order valence-corrected chi connectivity index (χ0v) is 17.6. The number of ether oxygens (including phenoxy) is 1. The molecule has 1 aliphatic heterocycles. The lowest BCUT2D eigenvalue weighted by Crippen LogP contribution is -2.42. The molecule has 0 atom stereocenters. The predicted molar refractivity (Wildman–Crippen MR) is 110 cm³/mol. The molecule has 2 aromatic rings. The summed E-state index contributed by atoms with van der Waals surface area (Å²) in [5.74, 6) is 0. The highest BCUT2D eigenvalue weighted by Gasteiger charge is 2.28. The minimum Gasteiger partial charge on any atom is -0.444 e. The van der Waals surface area contributed by atoms with Gasteiger partial charge >= 0.3 is 6.09 Å². The number of primary sulfonamides is 1. The van der Waals surface area contributed by atoms with Crippen LogP contribution in [-0.2, 0) is 14.8 Å². The Kier molecular flexibility index (Phi) is 5.59. The molecule has 4 N–H and O–H groups in total. The summed E-state index contributed by atoms with van der Waals surface area (Å²) in [6.45, 7) is 6.67.